The summed E-state index contributed by atoms with van der Waals surface area (Å²) in [6.07, 6.45) is 3.00. The lowest BCUT2D eigenvalue weighted by molar-refractivity contribution is -0.141. The third kappa shape index (κ3) is 3.70. The van der Waals surface area contributed by atoms with Gasteiger partial charge in [-0.3, -0.25) is 4.79 Å². The Hall–Kier alpha value is -2.78. The maximum atomic E-state index is 15.4. The second-order valence-electron chi connectivity index (χ2n) is 7.33. The van der Waals surface area contributed by atoms with Crippen LogP contribution in [0.4, 0.5) is 10.3 Å². The molecular formula is C20H20ClFN4O4. The minimum Gasteiger partial charge on any atom is -0.480 e. The molecule has 1 aromatic carbocycles. The summed E-state index contributed by atoms with van der Waals surface area (Å²) in [5.74, 6) is -2.27. The summed E-state index contributed by atoms with van der Waals surface area (Å²) >= 11 is 6.24. The zero-order chi connectivity index (χ0) is 21.4. The number of hydrogen-bond acceptors (Lipinski definition) is 6. The Balaban J connectivity index is 1.67. The maximum absolute atomic E-state index is 15.4. The molecule has 2 aliphatic rings. The predicted octanol–water partition coefficient (Wildman–Crippen LogP) is 2.96. The zero-order valence-corrected chi connectivity index (χ0v) is 16.9. The summed E-state index contributed by atoms with van der Waals surface area (Å²) in [6.45, 7) is 2.71. The van der Waals surface area contributed by atoms with Gasteiger partial charge in [-0.15, -0.1) is 0 Å². The Morgan fingerprint density at radius 2 is 2.13 bits per heavy atom. The maximum Gasteiger partial charge on any atom is 0.326 e. The van der Waals surface area contributed by atoms with Crippen molar-refractivity contribution < 1.29 is 23.8 Å². The third-order valence-electron chi connectivity index (χ3n) is 5.42. The van der Waals surface area contributed by atoms with E-state index in [0.717, 1.165) is 17.7 Å². The minimum absolute atomic E-state index is 0.0346. The van der Waals surface area contributed by atoms with E-state index in [-0.39, 0.29) is 34.4 Å². The van der Waals surface area contributed by atoms with E-state index in [1.807, 2.05) is 0 Å². The SMILES string of the molecule is CC(C(=O)O)N1Cc2ccc(-c3nc(NC4CCOCC4)ncc3Cl)c(F)c2C1=O. The van der Waals surface area contributed by atoms with E-state index in [2.05, 4.69) is 15.3 Å². The van der Waals surface area contributed by atoms with Crippen LogP contribution in [0, 0.1) is 5.82 Å². The number of carboxylic acids is 1. The number of aliphatic carboxylic acids is 1. The summed E-state index contributed by atoms with van der Waals surface area (Å²) < 4.78 is 20.7. The van der Waals surface area contributed by atoms with Crippen molar-refractivity contribution in [2.45, 2.75) is 38.4 Å². The Morgan fingerprint density at radius 3 is 2.83 bits per heavy atom. The van der Waals surface area contributed by atoms with E-state index in [9.17, 15) is 14.7 Å². The fourth-order valence-corrected chi connectivity index (χ4v) is 3.85. The van der Waals surface area contributed by atoms with Gasteiger partial charge in [-0.2, -0.15) is 0 Å². The highest BCUT2D eigenvalue weighted by Gasteiger charge is 2.37. The van der Waals surface area contributed by atoms with Gasteiger partial charge in [-0.1, -0.05) is 17.7 Å². The molecule has 1 unspecified atom stereocenters. The molecule has 4 rings (SSSR count). The van der Waals surface area contributed by atoms with E-state index in [4.69, 9.17) is 16.3 Å². The average molecular weight is 435 g/mol. The smallest absolute Gasteiger partial charge is 0.326 e. The second kappa shape index (κ2) is 8.16. The van der Waals surface area contributed by atoms with E-state index < -0.39 is 23.7 Å². The average Bonchev–Trinajstić information content (AvgIpc) is 3.07. The minimum atomic E-state index is -1.15. The molecule has 1 amide bonds. The normalized spacial score (nSPS) is 17.7. The van der Waals surface area contributed by atoms with Crippen molar-refractivity contribution >= 4 is 29.4 Å². The molecule has 1 aromatic heterocycles. The lowest BCUT2D eigenvalue weighted by Crippen LogP contribution is -2.39. The molecule has 2 aromatic rings. The Labute approximate surface area is 177 Å². The van der Waals surface area contributed by atoms with Crippen molar-refractivity contribution in [3.8, 4) is 11.3 Å². The van der Waals surface area contributed by atoms with Crippen molar-refractivity contribution in [1.82, 2.24) is 14.9 Å². The fourth-order valence-electron chi connectivity index (χ4n) is 3.66. The molecule has 1 atom stereocenters. The molecule has 3 heterocycles. The molecule has 0 radical (unpaired) electrons. The van der Waals surface area contributed by atoms with Crippen LogP contribution in [0.2, 0.25) is 5.02 Å². The zero-order valence-electron chi connectivity index (χ0n) is 16.2. The van der Waals surface area contributed by atoms with E-state index >= 15 is 4.39 Å². The summed E-state index contributed by atoms with van der Waals surface area (Å²) in [6, 6.07) is 2.18. The monoisotopic (exact) mass is 434 g/mol. The lowest BCUT2D eigenvalue weighted by Gasteiger charge is -2.23. The second-order valence-corrected chi connectivity index (χ2v) is 7.74. The molecule has 0 spiro atoms. The fraction of sp³-hybridized carbons (Fsp3) is 0.400. The number of fused-ring (bicyclic) bond motifs is 1. The molecule has 0 saturated carbocycles. The molecule has 2 aliphatic heterocycles. The molecule has 8 nitrogen and oxygen atoms in total. The van der Waals surface area contributed by atoms with Crippen molar-refractivity contribution in [2.75, 3.05) is 18.5 Å². The highest BCUT2D eigenvalue weighted by atomic mass is 35.5. The number of nitrogens with zero attached hydrogens (tertiary/aromatic N) is 3. The number of carbonyl (C=O) groups is 2. The Morgan fingerprint density at radius 1 is 1.40 bits per heavy atom. The highest BCUT2D eigenvalue weighted by Crippen LogP contribution is 2.35. The molecule has 0 aliphatic carbocycles. The molecule has 2 N–H and O–H groups in total. The standard InChI is InChI=1S/C20H20ClFN4O4/c1-10(19(28)29)26-9-11-2-3-13(16(22)15(11)18(26)27)17-14(21)8-23-20(25-17)24-12-4-6-30-7-5-12/h2-3,8,10,12H,4-7,9H2,1H3,(H,28,29)(H,23,24,25). The van der Waals surface area contributed by atoms with Gasteiger partial charge in [0, 0.05) is 31.4 Å². The predicted molar refractivity (Wildman–Crippen MR) is 107 cm³/mol. The van der Waals surface area contributed by atoms with Crippen molar-refractivity contribution in [3.05, 3.63) is 40.3 Å². The van der Waals surface area contributed by atoms with Crippen LogP contribution in [0.5, 0.6) is 0 Å². The molecule has 10 heteroatoms. The van der Waals surface area contributed by atoms with Gasteiger partial charge < -0.3 is 20.1 Å². The number of carboxylic acid groups (broad SMARTS) is 1. The number of ether oxygens (including phenoxy) is 1. The number of carbonyl (C=O) groups excluding carboxylic acids is 1. The van der Waals surface area contributed by atoms with Gasteiger partial charge in [0.15, 0.2) is 0 Å². The first-order valence-electron chi connectivity index (χ1n) is 9.59. The van der Waals surface area contributed by atoms with Crippen LogP contribution in [0.3, 0.4) is 0 Å². The van der Waals surface area contributed by atoms with Crippen molar-refractivity contribution in [2.24, 2.45) is 0 Å². The highest BCUT2D eigenvalue weighted by molar-refractivity contribution is 6.33. The number of rotatable bonds is 5. The van der Waals surface area contributed by atoms with Crippen molar-refractivity contribution in [3.63, 3.8) is 0 Å². The van der Waals surface area contributed by atoms with Gasteiger partial charge >= 0.3 is 5.97 Å². The van der Waals surface area contributed by atoms with Crippen LogP contribution in [0.1, 0.15) is 35.7 Å². The molecule has 30 heavy (non-hydrogen) atoms. The quantitative estimate of drug-likeness (QED) is 0.745. The first-order valence-corrected chi connectivity index (χ1v) is 9.97. The Bertz CT molecular complexity index is 1010. The van der Waals surface area contributed by atoms with Gasteiger partial charge in [-0.25, -0.2) is 19.2 Å². The number of amides is 1. The number of benzene rings is 1. The van der Waals surface area contributed by atoms with Crippen molar-refractivity contribution in [1.29, 1.82) is 0 Å². The van der Waals surface area contributed by atoms with Gasteiger partial charge in [-0.05, 0) is 31.4 Å². The van der Waals surface area contributed by atoms with Crippen LogP contribution in [-0.4, -0.2) is 57.1 Å². The molecule has 158 valence electrons. The van der Waals surface area contributed by atoms with E-state index in [1.54, 1.807) is 6.07 Å². The first-order chi connectivity index (χ1) is 14.4. The number of halogens is 2. The summed E-state index contributed by atoms with van der Waals surface area (Å²) in [7, 11) is 0. The van der Waals surface area contributed by atoms with Crippen LogP contribution >= 0.6 is 11.6 Å². The third-order valence-corrected chi connectivity index (χ3v) is 5.70. The van der Waals surface area contributed by atoms with Gasteiger partial charge in [0.25, 0.3) is 5.91 Å². The molecule has 1 saturated heterocycles. The van der Waals surface area contributed by atoms with E-state index in [1.165, 1.54) is 19.2 Å². The number of anilines is 1. The first kappa shape index (κ1) is 20.5. The van der Waals surface area contributed by atoms with Crippen LogP contribution < -0.4 is 5.32 Å². The number of nitrogens with one attached hydrogen (secondary N) is 1. The Kier molecular flexibility index (Phi) is 5.57. The van der Waals surface area contributed by atoms with Gasteiger partial charge in [0.2, 0.25) is 5.95 Å². The molecule has 1 fully saturated rings. The topological polar surface area (TPSA) is 105 Å². The summed E-state index contributed by atoms with van der Waals surface area (Å²) in [5, 5.41) is 12.6. The molecule has 0 bridgehead atoms. The molecular weight excluding hydrogens is 415 g/mol. The van der Waals surface area contributed by atoms with Gasteiger partial charge in [0.1, 0.15) is 11.9 Å². The largest absolute Gasteiger partial charge is 0.480 e. The summed E-state index contributed by atoms with van der Waals surface area (Å²) in [5.41, 5.74) is 0.516. The van der Waals surface area contributed by atoms with Crippen LogP contribution in [0.25, 0.3) is 11.3 Å². The van der Waals surface area contributed by atoms with Gasteiger partial charge in [0.05, 0.1) is 22.5 Å². The number of aromatic nitrogens is 2. The van der Waals surface area contributed by atoms with E-state index in [0.29, 0.717) is 24.7 Å². The van der Waals surface area contributed by atoms with Crippen LogP contribution in [0.15, 0.2) is 18.3 Å². The summed E-state index contributed by atoms with van der Waals surface area (Å²) in [4.78, 5) is 33.6. The lowest BCUT2D eigenvalue weighted by atomic mass is 10.0. The number of hydrogen-bond donors (Lipinski definition) is 2. The van der Waals surface area contributed by atoms with Crippen LogP contribution in [-0.2, 0) is 16.1 Å².